The van der Waals surface area contributed by atoms with Crippen molar-refractivity contribution < 1.29 is 13.9 Å². The molecule has 4 heterocycles. The summed E-state index contributed by atoms with van der Waals surface area (Å²) in [6, 6.07) is 15.7. The van der Waals surface area contributed by atoms with E-state index in [9.17, 15) is 10.1 Å². The number of anilines is 1. The maximum absolute atomic E-state index is 15.6. The van der Waals surface area contributed by atoms with Crippen LogP contribution in [0.1, 0.15) is 46.0 Å². The number of hydrogen-bond donors (Lipinski definition) is 1. The minimum Gasteiger partial charge on any atom is -0.457 e. The number of nitriles is 1. The molecule has 2 aromatic carbocycles. The SMILES string of the molecule is CC(C)(C=C(C#N)C(=O)N1CCC[C@H]1Cn1nc(-c2ccc(Oc3ccccc3)cc2F)c2c(N)ncnc21)N1CCCCC1. The second-order valence-corrected chi connectivity index (χ2v) is 12.2. The van der Waals surface area contributed by atoms with Gasteiger partial charge < -0.3 is 15.4 Å². The number of piperidine rings is 1. The van der Waals surface area contributed by atoms with Crippen LogP contribution in [0.25, 0.3) is 22.3 Å². The van der Waals surface area contributed by atoms with Crippen LogP contribution in [0, 0.1) is 17.1 Å². The fourth-order valence-corrected chi connectivity index (χ4v) is 6.43. The van der Waals surface area contributed by atoms with E-state index in [1.807, 2.05) is 24.3 Å². The zero-order valence-corrected chi connectivity index (χ0v) is 25.6. The highest BCUT2D eigenvalue weighted by atomic mass is 19.1. The number of amides is 1. The summed E-state index contributed by atoms with van der Waals surface area (Å²) in [6.07, 6.45) is 8.14. The summed E-state index contributed by atoms with van der Waals surface area (Å²) in [4.78, 5) is 26.5. The zero-order valence-electron chi connectivity index (χ0n) is 25.6. The van der Waals surface area contributed by atoms with Crippen molar-refractivity contribution in [1.82, 2.24) is 29.5 Å². The van der Waals surface area contributed by atoms with Crippen molar-refractivity contribution in [3.05, 3.63) is 72.3 Å². The van der Waals surface area contributed by atoms with Crippen LogP contribution < -0.4 is 10.5 Å². The zero-order chi connectivity index (χ0) is 31.6. The van der Waals surface area contributed by atoms with Crippen molar-refractivity contribution in [1.29, 1.82) is 5.26 Å². The van der Waals surface area contributed by atoms with Crippen LogP contribution in [-0.4, -0.2) is 66.7 Å². The number of nitrogen functional groups attached to an aromatic ring is 1. The third-order valence-electron chi connectivity index (χ3n) is 8.77. The van der Waals surface area contributed by atoms with E-state index in [0.29, 0.717) is 41.3 Å². The average Bonchev–Trinajstić information content (AvgIpc) is 3.66. The first-order valence-corrected chi connectivity index (χ1v) is 15.4. The Labute approximate surface area is 261 Å². The first kappa shape index (κ1) is 30.2. The van der Waals surface area contributed by atoms with E-state index in [-0.39, 0.29) is 28.9 Å². The maximum atomic E-state index is 15.6. The van der Waals surface area contributed by atoms with Gasteiger partial charge in [0.1, 0.15) is 46.8 Å². The molecule has 1 amide bonds. The molecule has 6 rings (SSSR count). The van der Waals surface area contributed by atoms with E-state index >= 15 is 4.39 Å². The molecule has 0 spiro atoms. The Bertz CT molecular complexity index is 1770. The monoisotopic (exact) mass is 608 g/mol. The molecule has 2 N–H and O–H groups in total. The van der Waals surface area contributed by atoms with Crippen molar-refractivity contribution in [3.8, 4) is 28.8 Å². The van der Waals surface area contributed by atoms with Gasteiger partial charge in [0, 0.05) is 23.7 Å². The highest BCUT2D eigenvalue weighted by Crippen LogP contribution is 2.35. The molecule has 10 nitrogen and oxygen atoms in total. The topological polar surface area (TPSA) is 126 Å². The highest BCUT2D eigenvalue weighted by molar-refractivity contribution is 5.99. The number of benzene rings is 2. The molecule has 2 saturated heterocycles. The van der Waals surface area contributed by atoms with Crippen LogP contribution in [0.4, 0.5) is 10.2 Å². The quantitative estimate of drug-likeness (QED) is 0.199. The molecule has 1 atom stereocenters. The van der Waals surface area contributed by atoms with Gasteiger partial charge in [0.2, 0.25) is 0 Å². The lowest BCUT2D eigenvalue weighted by Crippen LogP contribution is -2.46. The summed E-state index contributed by atoms with van der Waals surface area (Å²) in [5.74, 6) is 0.309. The van der Waals surface area contributed by atoms with Crippen LogP contribution in [0.2, 0.25) is 0 Å². The van der Waals surface area contributed by atoms with Crippen LogP contribution in [-0.2, 0) is 11.3 Å². The Kier molecular flexibility index (Phi) is 8.50. The van der Waals surface area contributed by atoms with E-state index in [1.54, 1.807) is 33.8 Å². The molecule has 2 aliphatic rings. The number of nitrogens with zero attached hydrogens (tertiary/aromatic N) is 7. The van der Waals surface area contributed by atoms with Gasteiger partial charge in [-0.1, -0.05) is 24.6 Å². The molecule has 11 heteroatoms. The standard InChI is InChI=1S/C34H37FN8O2/c1-34(2,41-15-7-4-8-16-41)19-23(20-36)33(44)42-17-9-10-24(42)21-43-32-29(31(37)38-22-39-32)30(40-43)27-14-13-26(18-28(27)35)45-25-11-5-3-6-12-25/h3,5-6,11-14,18-19,22,24H,4,7-10,15-17,21H2,1-2H3,(H2,37,38,39)/t24-/m0/s1. The average molecular weight is 609 g/mol. The smallest absolute Gasteiger partial charge is 0.264 e. The Morgan fingerprint density at radius 2 is 1.87 bits per heavy atom. The third kappa shape index (κ3) is 6.24. The number of hydrogen-bond acceptors (Lipinski definition) is 8. The number of rotatable bonds is 8. The fraction of sp³-hybridized carbons (Fsp3) is 0.382. The molecule has 2 aliphatic heterocycles. The second kappa shape index (κ2) is 12.7. The van der Waals surface area contributed by atoms with Crippen LogP contribution in [0.15, 0.2) is 66.5 Å². The molecule has 232 valence electrons. The lowest BCUT2D eigenvalue weighted by Gasteiger charge is -2.39. The van der Waals surface area contributed by atoms with Gasteiger partial charge in [0.25, 0.3) is 5.91 Å². The molecule has 0 saturated carbocycles. The molecule has 2 aromatic heterocycles. The van der Waals surface area contributed by atoms with E-state index in [1.165, 1.54) is 18.8 Å². The van der Waals surface area contributed by atoms with Gasteiger partial charge in [0.15, 0.2) is 5.65 Å². The van der Waals surface area contributed by atoms with E-state index < -0.39 is 11.4 Å². The van der Waals surface area contributed by atoms with Crippen LogP contribution in [0.3, 0.4) is 0 Å². The summed E-state index contributed by atoms with van der Waals surface area (Å²) < 4.78 is 23.0. The van der Waals surface area contributed by atoms with Crippen molar-refractivity contribution in [2.24, 2.45) is 0 Å². The molecule has 4 aromatic rings. The molecular formula is C34H37FN8O2. The van der Waals surface area contributed by atoms with Crippen molar-refractivity contribution in [3.63, 3.8) is 0 Å². The van der Waals surface area contributed by atoms with Gasteiger partial charge in [-0.25, -0.2) is 19.0 Å². The van der Waals surface area contributed by atoms with Crippen LogP contribution in [0.5, 0.6) is 11.5 Å². The van der Waals surface area contributed by atoms with Crippen molar-refractivity contribution in [2.75, 3.05) is 25.4 Å². The minimum absolute atomic E-state index is 0.148. The van der Waals surface area contributed by atoms with Gasteiger partial charge in [-0.3, -0.25) is 9.69 Å². The van der Waals surface area contributed by atoms with Crippen LogP contribution >= 0.6 is 0 Å². The number of fused-ring (bicyclic) bond motifs is 1. The number of carbonyl (C=O) groups is 1. The number of carbonyl (C=O) groups excluding carboxylic acids is 1. The van der Waals surface area contributed by atoms with Gasteiger partial charge in [-0.15, -0.1) is 0 Å². The Morgan fingerprint density at radius 3 is 2.60 bits per heavy atom. The molecular weight excluding hydrogens is 571 g/mol. The lowest BCUT2D eigenvalue weighted by atomic mass is 9.95. The van der Waals surface area contributed by atoms with E-state index in [4.69, 9.17) is 15.6 Å². The second-order valence-electron chi connectivity index (χ2n) is 12.2. The first-order chi connectivity index (χ1) is 21.7. The predicted molar refractivity (Wildman–Crippen MR) is 170 cm³/mol. The minimum atomic E-state index is -0.531. The van der Waals surface area contributed by atoms with Gasteiger partial charge in [0.05, 0.1) is 18.0 Å². The summed E-state index contributed by atoms with van der Waals surface area (Å²) in [7, 11) is 0. The number of halogens is 1. The highest BCUT2D eigenvalue weighted by Gasteiger charge is 2.34. The molecule has 45 heavy (non-hydrogen) atoms. The number of para-hydroxylation sites is 1. The van der Waals surface area contributed by atoms with E-state index in [2.05, 4.69) is 34.8 Å². The molecule has 0 radical (unpaired) electrons. The Hall–Kier alpha value is -4.82. The van der Waals surface area contributed by atoms with Crippen molar-refractivity contribution in [2.45, 2.75) is 64.1 Å². The first-order valence-electron chi connectivity index (χ1n) is 15.4. The molecule has 0 unspecified atom stereocenters. The molecule has 0 bridgehead atoms. The number of ether oxygens (including phenoxy) is 1. The Balaban J connectivity index is 1.28. The number of likely N-dealkylation sites (tertiary alicyclic amines) is 2. The van der Waals surface area contributed by atoms with Gasteiger partial charge in [-0.2, -0.15) is 10.4 Å². The number of nitrogens with two attached hydrogens (primary N) is 1. The predicted octanol–water partition coefficient (Wildman–Crippen LogP) is 5.71. The summed E-state index contributed by atoms with van der Waals surface area (Å²) >= 11 is 0. The summed E-state index contributed by atoms with van der Waals surface area (Å²) in [6.45, 7) is 6.87. The van der Waals surface area contributed by atoms with E-state index in [0.717, 1.165) is 38.8 Å². The fourth-order valence-electron chi connectivity index (χ4n) is 6.43. The van der Waals surface area contributed by atoms with Gasteiger partial charge >= 0.3 is 0 Å². The third-order valence-corrected chi connectivity index (χ3v) is 8.77. The molecule has 2 fully saturated rings. The number of aromatic nitrogens is 4. The summed E-state index contributed by atoms with van der Waals surface area (Å²) in [5, 5.41) is 15.2. The largest absolute Gasteiger partial charge is 0.457 e. The lowest BCUT2D eigenvalue weighted by molar-refractivity contribution is -0.127. The molecule has 0 aliphatic carbocycles. The summed E-state index contributed by atoms with van der Waals surface area (Å²) in [5.41, 5.74) is 7.01. The normalized spacial score (nSPS) is 17.9. The maximum Gasteiger partial charge on any atom is 0.264 e. The van der Waals surface area contributed by atoms with Crippen molar-refractivity contribution >= 4 is 22.8 Å². The van der Waals surface area contributed by atoms with Gasteiger partial charge in [-0.05, 0) is 83.0 Å². The Morgan fingerprint density at radius 1 is 1.09 bits per heavy atom.